The van der Waals surface area contributed by atoms with Gasteiger partial charge < -0.3 is 23.4 Å². The number of fused-ring (bicyclic) bond motifs is 2. The summed E-state index contributed by atoms with van der Waals surface area (Å²) in [5, 5.41) is 0.675. The summed E-state index contributed by atoms with van der Waals surface area (Å²) in [6.45, 7) is 0. The Morgan fingerprint density at radius 1 is 0.696 bits per heavy atom. The van der Waals surface area contributed by atoms with Crippen LogP contribution in [0.5, 0.6) is 23.0 Å². The molecule has 0 spiro atoms. The average Bonchev–Trinajstić information content (AvgIpc) is 2.59. The lowest BCUT2D eigenvalue weighted by Crippen LogP contribution is -2.06. The maximum atomic E-state index is 12.9. The molecular weight excluding hydrogens is 300 g/mol. The molecule has 0 radical (unpaired) electrons. The van der Waals surface area contributed by atoms with Crippen LogP contribution in [0.1, 0.15) is 0 Å². The second-order valence-corrected chi connectivity index (χ2v) is 4.84. The van der Waals surface area contributed by atoms with Crippen molar-refractivity contribution in [3.05, 3.63) is 34.5 Å². The standard InChI is InChI=1S/C17H16O6/c1-19-9-5-11(21-3)15-13(7-9)23-14-8-10(20-2)6-12(22-4)16(14)17(15)18/h5-8H,1-4H3. The molecule has 2 aromatic carbocycles. The Bertz CT molecular complexity index is 868. The van der Waals surface area contributed by atoms with Crippen molar-refractivity contribution in [3.63, 3.8) is 0 Å². The van der Waals surface area contributed by atoms with E-state index in [9.17, 15) is 4.79 Å². The van der Waals surface area contributed by atoms with Crippen LogP contribution in [-0.2, 0) is 0 Å². The molecule has 0 amide bonds. The van der Waals surface area contributed by atoms with Gasteiger partial charge in [-0.3, -0.25) is 4.79 Å². The van der Waals surface area contributed by atoms with E-state index in [1.165, 1.54) is 28.4 Å². The van der Waals surface area contributed by atoms with Gasteiger partial charge >= 0.3 is 0 Å². The van der Waals surface area contributed by atoms with Crippen LogP contribution < -0.4 is 24.4 Å². The van der Waals surface area contributed by atoms with Crippen molar-refractivity contribution in [1.82, 2.24) is 0 Å². The quantitative estimate of drug-likeness (QED) is 0.689. The minimum absolute atomic E-state index is 0.236. The van der Waals surface area contributed by atoms with E-state index < -0.39 is 0 Å². The Balaban J connectivity index is 2.52. The average molecular weight is 316 g/mol. The van der Waals surface area contributed by atoms with Crippen LogP contribution in [-0.4, -0.2) is 28.4 Å². The molecule has 120 valence electrons. The van der Waals surface area contributed by atoms with Gasteiger partial charge in [0.2, 0.25) is 5.43 Å². The second kappa shape index (κ2) is 5.72. The predicted octanol–water partition coefficient (Wildman–Crippen LogP) is 2.98. The molecule has 0 saturated heterocycles. The molecule has 6 heteroatoms. The van der Waals surface area contributed by atoms with E-state index >= 15 is 0 Å². The Morgan fingerprint density at radius 2 is 1.13 bits per heavy atom. The van der Waals surface area contributed by atoms with Gasteiger partial charge in [-0.1, -0.05) is 0 Å². The lowest BCUT2D eigenvalue weighted by molar-refractivity contribution is 0.394. The molecule has 1 aromatic heterocycles. The number of benzene rings is 2. The summed E-state index contributed by atoms with van der Waals surface area (Å²) < 4.78 is 26.9. The number of ether oxygens (including phenoxy) is 4. The summed E-state index contributed by atoms with van der Waals surface area (Å²) in [5.74, 6) is 1.83. The third-order valence-corrected chi connectivity index (χ3v) is 3.66. The molecule has 0 bridgehead atoms. The molecule has 23 heavy (non-hydrogen) atoms. The van der Waals surface area contributed by atoms with Gasteiger partial charge in [0.1, 0.15) is 44.9 Å². The Morgan fingerprint density at radius 3 is 1.48 bits per heavy atom. The normalized spacial score (nSPS) is 10.8. The second-order valence-electron chi connectivity index (χ2n) is 4.84. The van der Waals surface area contributed by atoms with Crippen molar-refractivity contribution in [2.45, 2.75) is 0 Å². The minimum Gasteiger partial charge on any atom is -0.496 e. The summed E-state index contributed by atoms with van der Waals surface area (Å²) in [5.41, 5.74) is 0.503. The van der Waals surface area contributed by atoms with Crippen molar-refractivity contribution in [2.75, 3.05) is 28.4 Å². The zero-order valence-electron chi connectivity index (χ0n) is 13.3. The van der Waals surface area contributed by atoms with Gasteiger partial charge in [-0.2, -0.15) is 0 Å². The summed E-state index contributed by atoms with van der Waals surface area (Å²) in [4.78, 5) is 12.9. The first-order chi connectivity index (χ1) is 11.1. The third kappa shape index (κ3) is 2.32. The molecule has 6 nitrogen and oxygen atoms in total. The molecule has 0 fully saturated rings. The highest BCUT2D eigenvalue weighted by Gasteiger charge is 2.18. The van der Waals surface area contributed by atoms with E-state index in [-0.39, 0.29) is 5.43 Å². The first-order valence-corrected chi connectivity index (χ1v) is 6.87. The fraction of sp³-hybridized carbons (Fsp3) is 0.235. The van der Waals surface area contributed by atoms with Gasteiger partial charge in [0.15, 0.2) is 0 Å². The van der Waals surface area contributed by atoms with E-state index in [1.54, 1.807) is 24.3 Å². The summed E-state index contributed by atoms with van der Waals surface area (Å²) in [6.07, 6.45) is 0. The number of rotatable bonds is 4. The molecule has 0 saturated carbocycles. The van der Waals surface area contributed by atoms with Crippen molar-refractivity contribution < 1.29 is 23.4 Å². The summed E-state index contributed by atoms with van der Waals surface area (Å²) in [7, 11) is 6.05. The van der Waals surface area contributed by atoms with E-state index in [4.69, 9.17) is 23.4 Å². The van der Waals surface area contributed by atoms with Crippen molar-refractivity contribution in [2.24, 2.45) is 0 Å². The number of hydrogen-bond acceptors (Lipinski definition) is 6. The van der Waals surface area contributed by atoms with Gasteiger partial charge in [0.05, 0.1) is 28.4 Å². The fourth-order valence-electron chi connectivity index (χ4n) is 2.54. The van der Waals surface area contributed by atoms with E-state index in [2.05, 4.69) is 0 Å². The van der Waals surface area contributed by atoms with Gasteiger partial charge in [-0.05, 0) is 0 Å². The monoisotopic (exact) mass is 316 g/mol. The third-order valence-electron chi connectivity index (χ3n) is 3.66. The van der Waals surface area contributed by atoms with Crippen LogP contribution in [0.25, 0.3) is 21.9 Å². The molecule has 0 aliphatic carbocycles. The Kier molecular flexibility index (Phi) is 3.73. The smallest absolute Gasteiger partial charge is 0.208 e. The summed E-state index contributed by atoms with van der Waals surface area (Å²) >= 11 is 0. The molecule has 0 atom stereocenters. The van der Waals surface area contributed by atoms with Gasteiger partial charge in [0.25, 0.3) is 0 Å². The lowest BCUT2D eigenvalue weighted by Gasteiger charge is -2.11. The van der Waals surface area contributed by atoms with Gasteiger partial charge in [-0.25, -0.2) is 0 Å². The SMILES string of the molecule is COc1cc(OC)c2c(=O)c3c(OC)cc(OC)cc3oc2c1. The Hall–Kier alpha value is -2.89. The van der Waals surface area contributed by atoms with E-state index in [0.717, 1.165) is 0 Å². The van der Waals surface area contributed by atoms with Crippen molar-refractivity contribution in [3.8, 4) is 23.0 Å². The molecule has 0 aliphatic heterocycles. The highest BCUT2D eigenvalue weighted by atomic mass is 16.5. The van der Waals surface area contributed by atoms with Crippen LogP contribution in [0.4, 0.5) is 0 Å². The number of methoxy groups -OCH3 is 4. The van der Waals surface area contributed by atoms with E-state index in [1.807, 2.05) is 0 Å². The molecule has 0 N–H and O–H groups in total. The molecule has 1 heterocycles. The fourth-order valence-corrected chi connectivity index (χ4v) is 2.54. The molecule has 0 unspecified atom stereocenters. The number of hydrogen-bond donors (Lipinski definition) is 0. The lowest BCUT2D eigenvalue weighted by atomic mass is 10.1. The highest BCUT2D eigenvalue weighted by Crippen LogP contribution is 2.35. The van der Waals surface area contributed by atoms with Crippen molar-refractivity contribution in [1.29, 1.82) is 0 Å². The predicted molar refractivity (Wildman–Crippen MR) is 86.2 cm³/mol. The van der Waals surface area contributed by atoms with Crippen LogP contribution in [0, 0.1) is 0 Å². The largest absolute Gasteiger partial charge is 0.496 e. The van der Waals surface area contributed by atoms with E-state index in [0.29, 0.717) is 44.9 Å². The van der Waals surface area contributed by atoms with Gasteiger partial charge in [-0.15, -0.1) is 0 Å². The molecule has 0 aliphatic rings. The summed E-state index contributed by atoms with van der Waals surface area (Å²) in [6, 6.07) is 6.57. The zero-order chi connectivity index (χ0) is 16.6. The minimum atomic E-state index is -0.236. The first-order valence-electron chi connectivity index (χ1n) is 6.87. The molecule has 3 aromatic rings. The van der Waals surface area contributed by atoms with Crippen LogP contribution in [0.2, 0.25) is 0 Å². The molecular formula is C17H16O6. The van der Waals surface area contributed by atoms with Crippen molar-refractivity contribution >= 4 is 21.9 Å². The van der Waals surface area contributed by atoms with Crippen LogP contribution >= 0.6 is 0 Å². The Labute approximate surface area is 132 Å². The van der Waals surface area contributed by atoms with Crippen LogP contribution in [0.15, 0.2) is 33.5 Å². The van der Waals surface area contributed by atoms with Crippen LogP contribution in [0.3, 0.4) is 0 Å². The zero-order valence-corrected chi connectivity index (χ0v) is 13.3. The highest BCUT2D eigenvalue weighted by molar-refractivity contribution is 5.97. The topological polar surface area (TPSA) is 67.1 Å². The van der Waals surface area contributed by atoms with Gasteiger partial charge in [0, 0.05) is 24.3 Å². The molecule has 3 rings (SSSR count). The maximum Gasteiger partial charge on any atom is 0.208 e. The maximum absolute atomic E-state index is 12.9. The first kappa shape index (κ1) is 15.0.